The molecule has 13 nitrogen and oxygen atoms in total. The third-order valence-corrected chi connectivity index (χ3v) is 9.52. The molecule has 5 fully saturated rings. The third kappa shape index (κ3) is 6.60. The van der Waals surface area contributed by atoms with Crippen LogP contribution in [-0.4, -0.2) is 129 Å². The first-order chi connectivity index (χ1) is 19.6. The van der Waals surface area contributed by atoms with E-state index in [-0.39, 0.29) is 12.3 Å². The van der Waals surface area contributed by atoms with E-state index in [9.17, 15) is 35.4 Å². The van der Waals surface area contributed by atoms with Crippen molar-refractivity contribution in [1.82, 2.24) is 0 Å². The Labute approximate surface area is 239 Å². The fourth-order valence-electron chi connectivity index (χ4n) is 6.78. The molecule has 0 aromatic heterocycles. The van der Waals surface area contributed by atoms with Gasteiger partial charge in [0.15, 0.2) is 18.7 Å². The van der Waals surface area contributed by atoms with Crippen molar-refractivity contribution in [2.45, 2.75) is 157 Å². The van der Waals surface area contributed by atoms with E-state index in [1.165, 1.54) is 0 Å². The van der Waals surface area contributed by atoms with E-state index >= 15 is 0 Å². The molecule has 5 aliphatic rings. The van der Waals surface area contributed by atoms with Crippen LogP contribution in [0, 0.1) is 5.92 Å². The summed E-state index contributed by atoms with van der Waals surface area (Å²) < 4.78 is 37.2. The summed E-state index contributed by atoms with van der Waals surface area (Å²) in [5, 5.41) is 62.0. The van der Waals surface area contributed by atoms with Crippen molar-refractivity contribution < 1.29 is 63.9 Å². The Hall–Kier alpha value is -0.970. The lowest BCUT2D eigenvalue weighted by atomic mass is 9.82. The van der Waals surface area contributed by atoms with Gasteiger partial charge in [-0.2, -0.15) is 0 Å². The predicted molar refractivity (Wildman–Crippen MR) is 138 cm³/mol. The number of ether oxygens (including phenoxy) is 6. The van der Waals surface area contributed by atoms with E-state index in [2.05, 4.69) is 0 Å². The number of fused-ring (bicyclic) bond motifs is 1. The topological polar surface area (TPSA) is 194 Å². The second-order valence-electron chi connectivity index (χ2n) is 12.4. The Kier molecular flexibility index (Phi) is 9.93. The van der Waals surface area contributed by atoms with Gasteiger partial charge in [-0.1, -0.05) is 19.8 Å². The van der Waals surface area contributed by atoms with Crippen molar-refractivity contribution in [3.05, 3.63) is 0 Å². The van der Waals surface area contributed by atoms with E-state index in [1.54, 1.807) is 6.92 Å². The van der Waals surface area contributed by atoms with Crippen LogP contribution in [0.25, 0.3) is 0 Å². The van der Waals surface area contributed by atoms with Gasteiger partial charge in [-0.25, -0.2) is 4.79 Å². The number of hydrogen-bond donors (Lipinski definition) is 6. The first kappa shape index (κ1) is 31.5. The molecule has 0 radical (unpaired) electrons. The minimum Gasteiger partial charge on any atom is -0.479 e. The molecule has 1 spiro atoms. The fourth-order valence-corrected chi connectivity index (χ4v) is 6.78. The zero-order valence-electron chi connectivity index (χ0n) is 23.7. The maximum Gasteiger partial charge on any atom is 0.332 e. The molecule has 2 saturated carbocycles. The van der Waals surface area contributed by atoms with Gasteiger partial charge in [0.1, 0.15) is 42.7 Å². The minimum absolute atomic E-state index is 0.0198. The Morgan fingerprint density at radius 2 is 1.61 bits per heavy atom. The van der Waals surface area contributed by atoms with Gasteiger partial charge in [-0.05, 0) is 57.8 Å². The molecule has 0 bridgehead atoms. The maximum absolute atomic E-state index is 12.0. The molecule has 13 heteroatoms. The van der Waals surface area contributed by atoms with Crippen molar-refractivity contribution in [1.29, 1.82) is 0 Å². The van der Waals surface area contributed by atoms with Crippen LogP contribution in [-0.2, 0) is 33.2 Å². The molecule has 0 aromatic carbocycles. The van der Waals surface area contributed by atoms with E-state index in [0.29, 0.717) is 19.3 Å². The molecule has 0 amide bonds. The lowest BCUT2D eigenvalue weighted by molar-refractivity contribution is -0.357. The van der Waals surface area contributed by atoms with Crippen molar-refractivity contribution >= 4 is 5.97 Å². The number of hydrogen-bond acceptors (Lipinski definition) is 12. The summed E-state index contributed by atoms with van der Waals surface area (Å²) >= 11 is 0. The number of carboxylic acid groups (broad SMARTS) is 1. The van der Waals surface area contributed by atoms with E-state index < -0.39 is 97.9 Å². The SMILES string of the molecule is CC[C@@H]1CCC[C@@H](O[C@@H]2OC(CO)[C@H](O)C3O[C@@H](C(=O)O)CCCC4(CC4)OC32)C1O[C@@H]1OC(C)[C@@H](O)C(O)[C@@H]1O. The summed E-state index contributed by atoms with van der Waals surface area (Å²) in [4.78, 5) is 12.0. The van der Waals surface area contributed by atoms with Gasteiger partial charge >= 0.3 is 5.97 Å². The van der Waals surface area contributed by atoms with Crippen LogP contribution in [0.5, 0.6) is 0 Å². The standard InChI is InChI=1S/C28H46O13/c1-3-14-6-4-7-15(22(14)40-26-21(33)20(32)18(30)13(2)36-26)38-27-24-23(19(31)17(12-29)39-27)37-16(25(34)35)8-5-9-28(41-24)10-11-28/h13-24,26-27,29-33H,3-12H2,1-2H3,(H,34,35)/t13?,14-,15-,16-,17?,18-,19+,20?,21+,22?,23?,24?,26+,27-/m1/s1. The Morgan fingerprint density at radius 3 is 2.27 bits per heavy atom. The number of rotatable bonds is 7. The lowest BCUT2D eigenvalue weighted by Gasteiger charge is -2.48. The normalized spacial score (nSPS) is 48.5. The van der Waals surface area contributed by atoms with Gasteiger partial charge in [-0.15, -0.1) is 0 Å². The number of aliphatic hydroxyl groups excluding tert-OH is 5. The lowest BCUT2D eigenvalue weighted by Crippen LogP contribution is -2.64. The average Bonchev–Trinajstić information content (AvgIpc) is 3.70. The number of carboxylic acids is 1. The molecule has 0 aromatic rings. The number of carbonyl (C=O) groups is 1. The Balaban J connectivity index is 1.40. The van der Waals surface area contributed by atoms with Gasteiger partial charge in [0.05, 0.1) is 30.5 Å². The summed E-state index contributed by atoms with van der Waals surface area (Å²) in [6.07, 6.45) is -8.04. The zero-order valence-corrected chi connectivity index (χ0v) is 23.7. The molecular weight excluding hydrogens is 544 g/mol. The van der Waals surface area contributed by atoms with Crippen LogP contribution in [0.1, 0.15) is 71.6 Å². The summed E-state index contributed by atoms with van der Waals surface area (Å²) in [6, 6.07) is 0. The van der Waals surface area contributed by atoms with Crippen LogP contribution in [0.15, 0.2) is 0 Å². The number of aliphatic carboxylic acids is 1. The van der Waals surface area contributed by atoms with Gasteiger partial charge in [0, 0.05) is 0 Å². The quantitative estimate of drug-likeness (QED) is 0.229. The van der Waals surface area contributed by atoms with Crippen LogP contribution in [0.4, 0.5) is 0 Å². The van der Waals surface area contributed by atoms with Crippen LogP contribution in [0.2, 0.25) is 0 Å². The zero-order chi connectivity index (χ0) is 29.5. The second-order valence-corrected chi connectivity index (χ2v) is 12.4. The molecule has 3 heterocycles. The first-order valence-electron chi connectivity index (χ1n) is 15.1. The van der Waals surface area contributed by atoms with Gasteiger partial charge < -0.3 is 59.1 Å². The largest absolute Gasteiger partial charge is 0.479 e. The van der Waals surface area contributed by atoms with Gasteiger partial charge in [0.2, 0.25) is 0 Å². The van der Waals surface area contributed by atoms with Crippen LogP contribution < -0.4 is 0 Å². The summed E-state index contributed by atoms with van der Waals surface area (Å²) in [5.74, 6) is -1.11. The van der Waals surface area contributed by atoms with Crippen molar-refractivity contribution in [3.8, 4) is 0 Å². The van der Waals surface area contributed by atoms with Crippen molar-refractivity contribution in [2.75, 3.05) is 6.61 Å². The van der Waals surface area contributed by atoms with Gasteiger partial charge in [0.25, 0.3) is 0 Å². The molecule has 3 aliphatic heterocycles. The van der Waals surface area contributed by atoms with Crippen molar-refractivity contribution in [2.24, 2.45) is 5.92 Å². The van der Waals surface area contributed by atoms with Crippen LogP contribution >= 0.6 is 0 Å². The highest BCUT2D eigenvalue weighted by Gasteiger charge is 2.56. The molecule has 41 heavy (non-hydrogen) atoms. The highest BCUT2D eigenvalue weighted by atomic mass is 16.7. The highest BCUT2D eigenvalue weighted by molar-refractivity contribution is 5.72. The molecule has 5 rings (SSSR count). The Morgan fingerprint density at radius 1 is 0.854 bits per heavy atom. The molecule has 6 unspecified atom stereocenters. The number of aliphatic hydroxyl groups is 5. The summed E-state index contributed by atoms with van der Waals surface area (Å²) in [7, 11) is 0. The fraction of sp³-hybridized carbons (Fsp3) is 0.964. The maximum atomic E-state index is 12.0. The third-order valence-electron chi connectivity index (χ3n) is 9.52. The second kappa shape index (κ2) is 12.9. The van der Waals surface area contributed by atoms with E-state index in [0.717, 1.165) is 32.1 Å². The molecule has 3 saturated heterocycles. The average molecular weight is 591 g/mol. The summed E-state index contributed by atoms with van der Waals surface area (Å²) in [5.41, 5.74) is -0.474. The predicted octanol–water partition coefficient (Wildman–Crippen LogP) is -0.187. The summed E-state index contributed by atoms with van der Waals surface area (Å²) in [6.45, 7) is 3.07. The van der Waals surface area contributed by atoms with Gasteiger partial charge in [-0.3, -0.25) is 0 Å². The smallest absolute Gasteiger partial charge is 0.332 e. The van der Waals surface area contributed by atoms with E-state index in [4.69, 9.17) is 28.4 Å². The molecule has 6 N–H and O–H groups in total. The molecule has 2 aliphatic carbocycles. The molecular formula is C28H46O13. The first-order valence-corrected chi connectivity index (χ1v) is 15.1. The monoisotopic (exact) mass is 590 g/mol. The Bertz CT molecular complexity index is 885. The van der Waals surface area contributed by atoms with Crippen molar-refractivity contribution in [3.63, 3.8) is 0 Å². The molecule has 236 valence electrons. The van der Waals surface area contributed by atoms with E-state index in [1.807, 2.05) is 6.92 Å². The highest BCUT2D eigenvalue weighted by Crippen LogP contribution is 2.48. The van der Waals surface area contributed by atoms with Crippen LogP contribution in [0.3, 0.4) is 0 Å². The minimum atomic E-state index is -1.47. The molecule has 14 atom stereocenters.